The number of nitriles is 1. The van der Waals surface area contributed by atoms with Gasteiger partial charge in [0.1, 0.15) is 11.8 Å². The Balaban J connectivity index is 2.16. The van der Waals surface area contributed by atoms with E-state index in [1.165, 1.54) is 6.42 Å². The van der Waals surface area contributed by atoms with Crippen LogP contribution in [-0.4, -0.2) is 18.1 Å². The first-order valence-corrected chi connectivity index (χ1v) is 5.37. The summed E-state index contributed by atoms with van der Waals surface area (Å²) in [7, 11) is 0. The molecule has 1 atom stereocenters. The quantitative estimate of drug-likeness (QED) is 0.787. The lowest BCUT2D eigenvalue weighted by atomic mass is 9.97. The first-order valence-electron chi connectivity index (χ1n) is 5.37. The molecule has 1 aromatic rings. The van der Waals surface area contributed by atoms with Gasteiger partial charge < -0.3 is 5.32 Å². The molecule has 1 unspecified atom stereocenters. The van der Waals surface area contributed by atoms with Crippen molar-refractivity contribution in [1.82, 2.24) is 10.3 Å². The van der Waals surface area contributed by atoms with Gasteiger partial charge in [-0.25, -0.2) is 4.98 Å². The third-order valence-corrected chi connectivity index (χ3v) is 2.89. The minimum absolute atomic E-state index is 0.599. The molecule has 0 spiro atoms. The second-order valence-electron chi connectivity index (χ2n) is 4.14. The number of nitrogens with one attached hydrogen (secondary N) is 1. The van der Waals surface area contributed by atoms with E-state index in [9.17, 15) is 0 Å². The van der Waals surface area contributed by atoms with Crippen LogP contribution in [0.5, 0.6) is 0 Å². The van der Waals surface area contributed by atoms with Crippen molar-refractivity contribution in [2.24, 2.45) is 5.92 Å². The molecule has 0 radical (unpaired) electrons. The molecule has 0 aromatic carbocycles. The van der Waals surface area contributed by atoms with Crippen LogP contribution in [0.1, 0.15) is 23.4 Å². The monoisotopic (exact) mass is 201 g/mol. The molecule has 3 heteroatoms. The van der Waals surface area contributed by atoms with Crippen LogP contribution in [0.25, 0.3) is 0 Å². The smallest absolute Gasteiger partial charge is 0.143 e. The molecule has 0 amide bonds. The SMILES string of the molecule is Cc1ccc(CC2CCNC2)c(C#N)n1. The molecular formula is C12H15N3. The van der Waals surface area contributed by atoms with Gasteiger partial charge >= 0.3 is 0 Å². The molecule has 78 valence electrons. The van der Waals surface area contributed by atoms with Gasteiger partial charge in [0.05, 0.1) is 0 Å². The summed E-state index contributed by atoms with van der Waals surface area (Å²) in [5.74, 6) is 0.668. The zero-order chi connectivity index (χ0) is 10.7. The molecule has 1 N–H and O–H groups in total. The molecule has 0 bridgehead atoms. The first kappa shape index (κ1) is 10.1. The van der Waals surface area contributed by atoms with Crippen LogP contribution in [0.2, 0.25) is 0 Å². The topological polar surface area (TPSA) is 48.7 Å². The van der Waals surface area contributed by atoms with Crippen LogP contribution >= 0.6 is 0 Å². The Labute approximate surface area is 90.1 Å². The Morgan fingerprint density at radius 3 is 3.13 bits per heavy atom. The number of hydrogen-bond acceptors (Lipinski definition) is 3. The number of hydrogen-bond donors (Lipinski definition) is 1. The fourth-order valence-corrected chi connectivity index (χ4v) is 2.05. The van der Waals surface area contributed by atoms with E-state index >= 15 is 0 Å². The Hall–Kier alpha value is -1.40. The number of aromatic nitrogens is 1. The Morgan fingerprint density at radius 1 is 1.60 bits per heavy atom. The zero-order valence-electron chi connectivity index (χ0n) is 8.95. The van der Waals surface area contributed by atoms with Crippen LogP contribution in [0, 0.1) is 24.2 Å². The molecule has 1 aliphatic rings. The normalized spacial score (nSPS) is 20.1. The van der Waals surface area contributed by atoms with Crippen molar-refractivity contribution >= 4 is 0 Å². The van der Waals surface area contributed by atoms with Gasteiger partial charge in [-0.3, -0.25) is 0 Å². The molecular weight excluding hydrogens is 186 g/mol. The molecule has 0 saturated carbocycles. The second-order valence-corrected chi connectivity index (χ2v) is 4.14. The average Bonchev–Trinajstić information content (AvgIpc) is 2.73. The number of aryl methyl sites for hydroxylation is 1. The molecule has 2 rings (SSSR count). The second kappa shape index (κ2) is 4.41. The van der Waals surface area contributed by atoms with E-state index in [-0.39, 0.29) is 0 Å². The Kier molecular flexibility index (Phi) is 2.98. The Bertz CT molecular complexity index is 386. The van der Waals surface area contributed by atoms with Crippen LogP contribution in [0.4, 0.5) is 0 Å². The predicted octanol–water partition coefficient (Wildman–Crippen LogP) is 1.41. The minimum atomic E-state index is 0.599. The highest BCUT2D eigenvalue weighted by molar-refractivity contribution is 5.32. The van der Waals surface area contributed by atoms with E-state index in [1.54, 1.807) is 0 Å². The van der Waals surface area contributed by atoms with Crippen molar-refractivity contribution < 1.29 is 0 Å². The maximum Gasteiger partial charge on any atom is 0.143 e. The van der Waals surface area contributed by atoms with Crippen LogP contribution in [0.3, 0.4) is 0 Å². The molecule has 0 aliphatic carbocycles. The van der Waals surface area contributed by atoms with Crippen molar-refractivity contribution in [2.45, 2.75) is 19.8 Å². The summed E-state index contributed by atoms with van der Waals surface area (Å²) in [5.41, 5.74) is 2.61. The van der Waals surface area contributed by atoms with Gasteiger partial charge in [0.25, 0.3) is 0 Å². The van der Waals surface area contributed by atoms with Crippen molar-refractivity contribution in [3.63, 3.8) is 0 Å². The van der Waals surface area contributed by atoms with E-state index in [0.29, 0.717) is 11.6 Å². The lowest BCUT2D eigenvalue weighted by molar-refractivity contribution is 0.578. The lowest BCUT2D eigenvalue weighted by Crippen LogP contribution is -2.11. The maximum atomic E-state index is 8.99. The van der Waals surface area contributed by atoms with Gasteiger partial charge in [0.2, 0.25) is 0 Å². The van der Waals surface area contributed by atoms with E-state index in [1.807, 2.05) is 19.1 Å². The van der Waals surface area contributed by atoms with E-state index in [0.717, 1.165) is 30.8 Å². The van der Waals surface area contributed by atoms with Crippen molar-refractivity contribution in [3.05, 3.63) is 29.1 Å². The molecule has 1 aliphatic heterocycles. The lowest BCUT2D eigenvalue weighted by Gasteiger charge is -2.09. The van der Waals surface area contributed by atoms with E-state index < -0.39 is 0 Å². The number of pyridine rings is 1. The molecule has 3 nitrogen and oxygen atoms in total. The van der Waals surface area contributed by atoms with Gasteiger partial charge in [0, 0.05) is 5.69 Å². The van der Waals surface area contributed by atoms with Gasteiger partial charge in [-0.2, -0.15) is 5.26 Å². The largest absolute Gasteiger partial charge is 0.316 e. The highest BCUT2D eigenvalue weighted by Crippen LogP contribution is 2.17. The summed E-state index contributed by atoms with van der Waals surface area (Å²) < 4.78 is 0. The molecule has 1 saturated heterocycles. The van der Waals surface area contributed by atoms with Crippen molar-refractivity contribution in [3.8, 4) is 6.07 Å². The van der Waals surface area contributed by atoms with Gasteiger partial charge in [0.15, 0.2) is 0 Å². The molecule has 1 aromatic heterocycles. The summed E-state index contributed by atoms with van der Waals surface area (Å²) >= 11 is 0. The highest BCUT2D eigenvalue weighted by Gasteiger charge is 2.16. The molecule has 1 fully saturated rings. The summed E-state index contributed by atoms with van der Waals surface area (Å²) in [6, 6.07) is 6.20. The predicted molar refractivity (Wildman–Crippen MR) is 58.4 cm³/mol. The summed E-state index contributed by atoms with van der Waals surface area (Å²) in [5, 5.41) is 12.3. The van der Waals surface area contributed by atoms with Crippen LogP contribution in [0.15, 0.2) is 12.1 Å². The number of rotatable bonds is 2. The van der Waals surface area contributed by atoms with Crippen molar-refractivity contribution in [2.75, 3.05) is 13.1 Å². The third-order valence-electron chi connectivity index (χ3n) is 2.89. The number of nitrogens with zero attached hydrogens (tertiary/aromatic N) is 2. The third kappa shape index (κ3) is 2.34. The summed E-state index contributed by atoms with van der Waals surface area (Å²) in [4.78, 5) is 4.25. The standard InChI is InChI=1S/C12H15N3/c1-9-2-3-11(12(7-13)15-9)6-10-4-5-14-8-10/h2-3,10,14H,4-6,8H2,1H3. The van der Waals surface area contributed by atoms with Crippen molar-refractivity contribution in [1.29, 1.82) is 5.26 Å². The van der Waals surface area contributed by atoms with Crippen LogP contribution < -0.4 is 5.32 Å². The average molecular weight is 201 g/mol. The maximum absolute atomic E-state index is 8.99. The summed E-state index contributed by atoms with van der Waals surface area (Å²) in [6.45, 7) is 4.09. The van der Waals surface area contributed by atoms with Crippen LogP contribution in [-0.2, 0) is 6.42 Å². The minimum Gasteiger partial charge on any atom is -0.316 e. The molecule has 2 heterocycles. The van der Waals surface area contributed by atoms with Gasteiger partial charge in [-0.15, -0.1) is 0 Å². The Morgan fingerprint density at radius 2 is 2.47 bits per heavy atom. The molecule has 15 heavy (non-hydrogen) atoms. The van der Waals surface area contributed by atoms with Gasteiger partial charge in [-0.1, -0.05) is 6.07 Å². The fraction of sp³-hybridized carbons (Fsp3) is 0.500. The first-order chi connectivity index (χ1) is 7.29. The van der Waals surface area contributed by atoms with Gasteiger partial charge in [-0.05, 0) is 50.4 Å². The van der Waals surface area contributed by atoms with E-state index in [2.05, 4.69) is 16.4 Å². The van der Waals surface area contributed by atoms with E-state index in [4.69, 9.17) is 5.26 Å². The summed E-state index contributed by atoms with van der Waals surface area (Å²) in [6.07, 6.45) is 2.18. The highest BCUT2D eigenvalue weighted by atomic mass is 14.9. The zero-order valence-corrected chi connectivity index (χ0v) is 8.95. The fourth-order valence-electron chi connectivity index (χ4n) is 2.05.